The number of rotatable bonds is 7. The fourth-order valence-electron chi connectivity index (χ4n) is 4.11. The first kappa shape index (κ1) is 21.3. The number of carbonyl (C=O) groups excluding carboxylic acids is 1. The predicted octanol–water partition coefficient (Wildman–Crippen LogP) is 4.78. The number of aromatic nitrogens is 4. The molecule has 0 aliphatic rings. The lowest BCUT2D eigenvalue weighted by molar-refractivity contribution is 0.0972. The maximum atomic E-state index is 13.5. The molecule has 0 aliphatic carbocycles. The van der Waals surface area contributed by atoms with Gasteiger partial charge in [0.25, 0.3) is 0 Å². The van der Waals surface area contributed by atoms with Gasteiger partial charge in [0, 0.05) is 12.0 Å². The number of ketones is 1. The van der Waals surface area contributed by atoms with Crippen molar-refractivity contribution in [2.75, 3.05) is 0 Å². The molecule has 3 heterocycles. The van der Waals surface area contributed by atoms with Crippen LogP contribution in [0.4, 0.5) is 0 Å². The van der Waals surface area contributed by atoms with E-state index in [-0.39, 0.29) is 18.0 Å². The molecule has 0 fully saturated rings. The fourth-order valence-corrected chi connectivity index (χ4v) is 5.19. The van der Waals surface area contributed by atoms with Gasteiger partial charge >= 0.3 is 5.69 Å². The van der Waals surface area contributed by atoms with E-state index in [2.05, 4.69) is 24.3 Å². The highest BCUT2D eigenvalue weighted by molar-refractivity contribution is 7.17. The molecular formula is C26H24N4O2S. The van der Waals surface area contributed by atoms with Crippen LogP contribution >= 0.6 is 11.3 Å². The first-order valence-electron chi connectivity index (χ1n) is 11.0. The lowest BCUT2D eigenvalue weighted by Gasteiger charge is -2.09. The second kappa shape index (κ2) is 8.75. The van der Waals surface area contributed by atoms with Gasteiger partial charge in [0.05, 0.1) is 11.9 Å². The maximum absolute atomic E-state index is 13.5. The lowest BCUT2D eigenvalue weighted by Crippen LogP contribution is -2.30. The number of benzene rings is 2. The van der Waals surface area contributed by atoms with Crippen molar-refractivity contribution in [3.8, 4) is 0 Å². The average molecular weight is 457 g/mol. The van der Waals surface area contributed by atoms with Crippen LogP contribution in [0.25, 0.3) is 15.9 Å². The molecule has 33 heavy (non-hydrogen) atoms. The second-order valence-corrected chi connectivity index (χ2v) is 9.48. The third kappa shape index (κ3) is 4.12. The molecule has 0 spiro atoms. The van der Waals surface area contributed by atoms with E-state index in [4.69, 9.17) is 4.98 Å². The van der Waals surface area contributed by atoms with Gasteiger partial charge in [-0.2, -0.15) is 4.52 Å². The molecule has 3 aromatic heterocycles. The number of hydrogen-bond donors (Lipinski definition) is 0. The molecule has 0 radical (unpaired) electrons. The van der Waals surface area contributed by atoms with Gasteiger partial charge in [-0.25, -0.2) is 9.78 Å². The van der Waals surface area contributed by atoms with Crippen LogP contribution in [0.15, 0.2) is 70.8 Å². The Labute approximate surface area is 195 Å². The standard InChI is InChI=1S/C26H24N4O2S/c1-17(2)13-20-16-33-25-23(20)24-27-22(14-18-9-5-3-6-10-18)28-30(24)26(32)29(25)15-21(31)19-11-7-4-8-12-19/h3-12,16-17H,13-15H2,1-2H3. The van der Waals surface area contributed by atoms with Crippen LogP contribution in [-0.2, 0) is 19.4 Å². The van der Waals surface area contributed by atoms with Gasteiger partial charge < -0.3 is 0 Å². The fraction of sp³-hybridized carbons (Fsp3) is 0.231. The third-order valence-corrected chi connectivity index (χ3v) is 6.66. The number of nitrogens with zero attached hydrogens (tertiary/aromatic N) is 4. The van der Waals surface area contributed by atoms with E-state index < -0.39 is 0 Å². The summed E-state index contributed by atoms with van der Waals surface area (Å²) in [5.41, 5.74) is 3.03. The summed E-state index contributed by atoms with van der Waals surface area (Å²) in [6.07, 6.45) is 1.40. The van der Waals surface area contributed by atoms with Gasteiger partial charge in [-0.1, -0.05) is 74.5 Å². The predicted molar refractivity (Wildman–Crippen MR) is 131 cm³/mol. The summed E-state index contributed by atoms with van der Waals surface area (Å²) in [6, 6.07) is 19.0. The SMILES string of the molecule is CC(C)Cc1csc2c1c1nc(Cc3ccccc3)nn1c(=O)n2CC(=O)c1ccccc1. The van der Waals surface area contributed by atoms with Crippen LogP contribution in [0, 0.1) is 5.92 Å². The van der Waals surface area contributed by atoms with Crippen molar-refractivity contribution in [2.45, 2.75) is 33.2 Å². The van der Waals surface area contributed by atoms with Crippen molar-refractivity contribution >= 4 is 33.0 Å². The maximum Gasteiger partial charge on any atom is 0.352 e. The normalized spacial score (nSPS) is 11.6. The highest BCUT2D eigenvalue weighted by Crippen LogP contribution is 2.30. The van der Waals surface area contributed by atoms with E-state index in [1.165, 1.54) is 15.9 Å². The van der Waals surface area contributed by atoms with E-state index in [9.17, 15) is 9.59 Å². The number of carbonyl (C=O) groups is 1. The van der Waals surface area contributed by atoms with E-state index in [1.807, 2.05) is 48.5 Å². The molecule has 0 unspecified atom stereocenters. The van der Waals surface area contributed by atoms with E-state index in [1.54, 1.807) is 16.7 Å². The van der Waals surface area contributed by atoms with Crippen molar-refractivity contribution in [3.63, 3.8) is 0 Å². The van der Waals surface area contributed by atoms with Gasteiger partial charge in [0.15, 0.2) is 17.3 Å². The quantitative estimate of drug-likeness (QED) is 0.331. The minimum atomic E-state index is -0.341. The van der Waals surface area contributed by atoms with Crippen LogP contribution in [0.5, 0.6) is 0 Å². The van der Waals surface area contributed by atoms with Crippen molar-refractivity contribution in [2.24, 2.45) is 5.92 Å². The van der Waals surface area contributed by atoms with Crippen molar-refractivity contribution < 1.29 is 4.79 Å². The molecule has 0 aliphatic heterocycles. The smallest absolute Gasteiger partial charge is 0.292 e. The molecule has 5 aromatic rings. The Balaban J connectivity index is 1.67. The molecule has 0 saturated heterocycles. The zero-order valence-electron chi connectivity index (χ0n) is 18.6. The summed E-state index contributed by atoms with van der Waals surface area (Å²) in [7, 11) is 0. The highest BCUT2D eigenvalue weighted by atomic mass is 32.1. The molecule has 2 aromatic carbocycles. The van der Waals surface area contributed by atoms with Gasteiger partial charge in [0.1, 0.15) is 4.83 Å². The Kier molecular flexibility index (Phi) is 5.64. The largest absolute Gasteiger partial charge is 0.352 e. The molecular weight excluding hydrogens is 432 g/mol. The molecule has 7 heteroatoms. The van der Waals surface area contributed by atoms with Gasteiger partial charge in [-0.05, 0) is 28.8 Å². The zero-order valence-corrected chi connectivity index (χ0v) is 19.4. The van der Waals surface area contributed by atoms with Gasteiger partial charge in [-0.3, -0.25) is 9.36 Å². The Bertz CT molecular complexity index is 1500. The van der Waals surface area contributed by atoms with Crippen LogP contribution in [0.2, 0.25) is 0 Å². The molecule has 0 N–H and O–H groups in total. The Morgan fingerprint density at radius 3 is 2.42 bits per heavy atom. The first-order chi connectivity index (χ1) is 16.0. The number of hydrogen-bond acceptors (Lipinski definition) is 5. The second-order valence-electron chi connectivity index (χ2n) is 8.62. The highest BCUT2D eigenvalue weighted by Gasteiger charge is 2.21. The van der Waals surface area contributed by atoms with Gasteiger partial charge in [-0.15, -0.1) is 16.4 Å². The number of thiophene rings is 1. The number of Topliss-reactive ketones (excluding diaryl/α,β-unsaturated/α-hetero) is 1. The van der Waals surface area contributed by atoms with Crippen LogP contribution in [0.3, 0.4) is 0 Å². The van der Waals surface area contributed by atoms with Crippen molar-refractivity contribution in [3.05, 3.63) is 99.0 Å². The zero-order chi connectivity index (χ0) is 22.9. The van der Waals surface area contributed by atoms with Gasteiger partial charge in [0.2, 0.25) is 0 Å². The van der Waals surface area contributed by atoms with Crippen LogP contribution < -0.4 is 5.69 Å². The topological polar surface area (TPSA) is 69.3 Å². The van der Waals surface area contributed by atoms with E-state index in [0.717, 1.165) is 27.8 Å². The van der Waals surface area contributed by atoms with E-state index in [0.29, 0.717) is 29.4 Å². The monoisotopic (exact) mass is 456 g/mol. The Hall–Kier alpha value is -3.58. The molecule has 0 saturated carbocycles. The minimum absolute atomic E-state index is 0.0369. The summed E-state index contributed by atoms with van der Waals surface area (Å²) >= 11 is 1.49. The van der Waals surface area contributed by atoms with Crippen molar-refractivity contribution in [1.29, 1.82) is 0 Å². The van der Waals surface area contributed by atoms with Crippen LogP contribution in [0.1, 0.15) is 41.2 Å². The molecule has 6 nitrogen and oxygen atoms in total. The first-order valence-corrected chi connectivity index (χ1v) is 11.9. The van der Waals surface area contributed by atoms with Crippen molar-refractivity contribution in [1.82, 2.24) is 19.2 Å². The minimum Gasteiger partial charge on any atom is -0.292 e. The summed E-state index contributed by atoms with van der Waals surface area (Å²) in [6.45, 7) is 4.30. The molecule has 0 atom stereocenters. The molecule has 166 valence electrons. The van der Waals surface area contributed by atoms with E-state index >= 15 is 0 Å². The summed E-state index contributed by atoms with van der Waals surface area (Å²) in [5, 5.41) is 7.56. The summed E-state index contributed by atoms with van der Waals surface area (Å²) in [5.74, 6) is 0.927. The Morgan fingerprint density at radius 2 is 1.73 bits per heavy atom. The third-order valence-electron chi connectivity index (χ3n) is 5.61. The molecule has 5 rings (SSSR count). The molecule has 0 bridgehead atoms. The summed E-state index contributed by atoms with van der Waals surface area (Å²) < 4.78 is 2.92. The Morgan fingerprint density at radius 1 is 1.03 bits per heavy atom. The lowest BCUT2D eigenvalue weighted by atomic mass is 10.0. The number of fused-ring (bicyclic) bond motifs is 3. The summed E-state index contributed by atoms with van der Waals surface area (Å²) in [4.78, 5) is 32.0. The molecule has 0 amide bonds. The average Bonchev–Trinajstić information content (AvgIpc) is 3.41. The van der Waals surface area contributed by atoms with Crippen LogP contribution in [-0.4, -0.2) is 24.9 Å².